The highest BCUT2D eigenvalue weighted by molar-refractivity contribution is 5.83. The minimum absolute atomic E-state index is 0.332. The molecule has 0 radical (unpaired) electrons. The topological polar surface area (TPSA) is 92.4 Å². The lowest BCUT2D eigenvalue weighted by molar-refractivity contribution is -0.136. The number of nitrogens with one attached hydrogen (secondary N) is 1. The van der Waals surface area contributed by atoms with Gasteiger partial charge in [0.25, 0.3) is 5.91 Å². The number of nitrogens with two attached hydrogens (primary N) is 1. The average Bonchev–Trinajstić information content (AvgIpc) is 2.01. The van der Waals surface area contributed by atoms with E-state index in [2.05, 4.69) is 5.32 Å². The summed E-state index contributed by atoms with van der Waals surface area (Å²) < 4.78 is 0. The molecule has 4 N–H and O–H groups in total. The van der Waals surface area contributed by atoms with Gasteiger partial charge in [0, 0.05) is 13.0 Å². The third-order valence-electron chi connectivity index (χ3n) is 1.69. The highest BCUT2D eigenvalue weighted by Gasteiger charge is 2.22. The zero-order valence-corrected chi connectivity index (χ0v) is 8.67. The van der Waals surface area contributed by atoms with Gasteiger partial charge in [0.2, 0.25) is 5.91 Å². The van der Waals surface area contributed by atoms with Gasteiger partial charge in [-0.3, -0.25) is 9.59 Å². The molecule has 0 spiro atoms. The van der Waals surface area contributed by atoms with E-state index in [0.717, 1.165) is 0 Å². The van der Waals surface area contributed by atoms with E-state index in [1.807, 2.05) is 0 Å². The third kappa shape index (κ3) is 6.42. The smallest absolute Gasteiger partial charge is 0.251 e. The molecule has 0 heterocycles. The SMILES string of the molecule is CC(C)(O)C(=O)NCCCCC(N)=O. The van der Waals surface area contributed by atoms with Crippen molar-refractivity contribution in [3.63, 3.8) is 0 Å². The van der Waals surface area contributed by atoms with Gasteiger partial charge in [-0.2, -0.15) is 0 Å². The second kappa shape index (κ2) is 5.59. The number of primary amides is 1. The van der Waals surface area contributed by atoms with E-state index < -0.39 is 11.5 Å². The number of hydrogen-bond acceptors (Lipinski definition) is 3. The molecule has 0 aliphatic rings. The second-order valence-corrected chi connectivity index (χ2v) is 3.74. The maximum absolute atomic E-state index is 11.1. The molecule has 0 rings (SSSR count). The van der Waals surface area contributed by atoms with Crippen molar-refractivity contribution >= 4 is 11.8 Å². The zero-order chi connectivity index (χ0) is 11.2. The number of carbonyl (C=O) groups excluding carboxylic acids is 2. The highest BCUT2D eigenvalue weighted by atomic mass is 16.3. The van der Waals surface area contributed by atoms with E-state index in [1.54, 1.807) is 0 Å². The summed E-state index contributed by atoms with van der Waals surface area (Å²) in [5, 5.41) is 11.8. The van der Waals surface area contributed by atoms with E-state index in [1.165, 1.54) is 13.8 Å². The maximum Gasteiger partial charge on any atom is 0.251 e. The van der Waals surface area contributed by atoms with Crippen LogP contribution in [0.25, 0.3) is 0 Å². The van der Waals surface area contributed by atoms with Crippen LogP contribution in [-0.2, 0) is 9.59 Å². The van der Waals surface area contributed by atoms with Gasteiger partial charge in [-0.1, -0.05) is 0 Å². The molecule has 5 heteroatoms. The molecule has 0 aromatic carbocycles. The van der Waals surface area contributed by atoms with Crippen molar-refractivity contribution < 1.29 is 14.7 Å². The van der Waals surface area contributed by atoms with E-state index in [9.17, 15) is 14.7 Å². The van der Waals surface area contributed by atoms with Crippen LogP contribution in [-0.4, -0.2) is 29.1 Å². The Morgan fingerprint density at radius 1 is 1.36 bits per heavy atom. The van der Waals surface area contributed by atoms with Crippen molar-refractivity contribution in [2.24, 2.45) is 5.73 Å². The Labute approximate surface area is 83.7 Å². The fourth-order valence-corrected chi connectivity index (χ4v) is 0.842. The Morgan fingerprint density at radius 2 is 1.93 bits per heavy atom. The van der Waals surface area contributed by atoms with Crippen LogP contribution in [0.5, 0.6) is 0 Å². The average molecular weight is 202 g/mol. The van der Waals surface area contributed by atoms with Crippen molar-refractivity contribution in [2.75, 3.05) is 6.54 Å². The molecular weight excluding hydrogens is 184 g/mol. The van der Waals surface area contributed by atoms with E-state index in [4.69, 9.17) is 5.73 Å². The molecule has 0 atom stereocenters. The van der Waals surface area contributed by atoms with E-state index in [0.29, 0.717) is 25.8 Å². The van der Waals surface area contributed by atoms with Gasteiger partial charge in [0.1, 0.15) is 5.60 Å². The molecule has 2 amide bonds. The molecule has 5 nitrogen and oxygen atoms in total. The van der Waals surface area contributed by atoms with Crippen molar-refractivity contribution in [2.45, 2.75) is 38.7 Å². The molecule has 0 aromatic heterocycles. The molecule has 82 valence electrons. The number of hydrogen-bond donors (Lipinski definition) is 3. The summed E-state index contributed by atoms with van der Waals surface area (Å²) in [5.74, 6) is -0.740. The van der Waals surface area contributed by atoms with Crippen LogP contribution in [0.4, 0.5) is 0 Å². The Morgan fingerprint density at radius 3 is 2.36 bits per heavy atom. The normalized spacial score (nSPS) is 11.1. The quantitative estimate of drug-likeness (QED) is 0.508. The Bertz CT molecular complexity index is 209. The van der Waals surface area contributed by atoms with Gasteiger partial charge in [-0.05, 0) is 26.7 Å². The summed E-state index contributed by atoms with van der Waals surface area (Å²) in [6.45, 7) is 3.30. The minimum atomic E-state index is -1.34. The predicted octanol–water partition coefficient (Wildman–Crippen LogP) is -0.471. The van der Waals surface area contributed by atoms with E-state index >= 15 is 0 Å². The molecule has 0 aromatic rings. The Kier molecular flexibility index (Phi) is 5.15. The van der Waals surface area contributed by atoms with E-state index in [-0.39, 0.29) is 5.91 Å². The van der Waals surface area contributed by atoms with Crippen molar-refractivity contribution in [1.29, 1.82) is 0 Å². The van der Waals surface area contributed by atoms with Gasteiger partial charge in [0.05, 0.1) is 0 Å². The summed E-state index contributed by atoms with van der Waals surface area (Å²) in [4.78, 5) is 21.5. The lowest BCUT2D eigenvalue weighted by Gasteiger charge is -2.16. The van der Waals surface area contributed by atoms with Gasteiger partial charge in [-0.25, -0.2) is 0 Å². The van der Waals surface area contributed by atoms with Crippen LogP contribution in [0.2, 0.25) is 0 Å². The summed E-state index contributed by atoms with van der Waals surface area (Å²) in [5.41, 5.74) is 3.59. The second-order valence-electron chi connectivity index (χ2n) is 3.74. The molecule has 0 aliphatic heterocycles. The largest absolute Gasteiger partial charge is 0.381 e. The molecule has 0 saturated heterocycles. The molecule has 0 aliphatic carbocycles. The molecule has 0 fully saturated rings. The Hall–Kier alpha value is -1.10. The van der Waals surface area contributed by atoms with Crippen LogP contribution in [0.1, 0.15) is 33.1 Å². The monoisotopic (exact) mass is 202 g/mol. The van der Waals surface area contributed by atoms with Crippen LogP contribution < -0.4 is 11.1 Å². The molecule has 0 saturated carbocycles. The van der Waals surface area contributed by atoms with Crippen molar-refractivity contribution in [3.05, 3.63) is 0 Å². The molecule has 0 bridgehead atoms. The Balaban J connectivity index is 3.46. The van der Waals surface area contributed by atoms with Gasteiger partial charge >= 0.3 is 0 Å². The summed E-state index contributed by atoms with van der Waals surface area (Å²) in [7, 11) is 0. The number of amides is 2. The first kappa shape index (κ1) is 12.9. The maximum atomic E-state index is 11.1. The number of aliphatic hydroxyl groups is 1. The first-order valence-electron chi connectivity index (χ1n) is 4.63. The first-order valence-corrected chi connectivity index (χ1v) is 4.63. The van der Waals surface area contributed by atoms with Crippen molar-refractivity contribution in [1.82, 2.24) is 5.32 Å². The van der Waals surface area contributed by atoms with Crippen LogP contribution >= 0.6 is 0 Å². The van der Waals surface area contributed by atoms with Crippen LogP contribution in [0, 0.1) is 0 Å². The molecule has 0 unspecified atom stereocenters. The molecule has 14 heavy (non-hydrogen) atoms. The molecular formula is C9H18N2O3. The lowest BCUT2D eigenvalue weighted by atomic mass is 10.1. The fraction of sp³-hybridized carbons (Fsp3) is 0.778. The minimum Gasteiger partial charge on any atom is -0.381 e. The van der Waals surface area contributed by atoms with Crippen molar-refractivity contribution in [3.8, 4) is 0 Å². The summed E-state index contributed by atoms with van der Waals surface area (Å²) in [6.07, 6.45) is 1.67. The third-order valence-corrected chi connectivity index (χ3v) is 1.69. The number of rotatable bonds is 6. The van der Waals surface area contributed by atoms with Gasteiger partial charge < -0.3 is 16.2 Å². The van der Waals surface area contributed by atoms with Crippen LogP contribution in [0.15, 0.2) is 0 Å². The predicted molar refractivity (Wildman–Crippen MR) is 52.4 cm³/mol. The number of unbranched alkanes of at least 4 members (excludes halogenated alkanes) is 1. The first-order chi connectivity index (χ1) is 6.34. The zero-order valence-electron chi connectivity index (χ0n) is 8.67. The highest BCUT2D eigenvalue weighted by Crippen LogP contribution is 2.00. The van der Waals surface area contributed by atoms with Gasteiger partial charge in [-0.15, -0.1) is 0 Å². The van der Waals surface area contributed by atoms with Gasteiger partial charge in [0.15, 0.2) is 0 Å². The fourth-order valence-electron chi connectivity index (χ4n) is 0.842. The summed E-state index contributed by atoms with van der Waals surface area (Å²) >= 11 is 0. The lowest BCUT2D eigenvalue weighted by Crippen LogP contribution is -2.42. The van der Waals surface area contributed by atoms with Crippen LogP contribution in [0.3, 0.4) is 0 Å². The summed E-state index contributed by atoms with van der Waals surface area (Å²) in [6, 6.07) is 0. The number of carbonyl (C=O) groups is 2. The standard InChI is InChI=1S/C9H18N2O3/c1-9(2,14)8(13)11-6-4-3-5-7(10)12/h14H,3-6H2,1-2H3,(H2,10,12)(H,11,13).